The fourth-order valence-electron chi connectivity index (χ4n) is 3.91. The third-order valence-corrected chi connectivity index (χ3v) is 6.39. The van der Waals surface area contributed by atoms with Gasteiger partial charge in [-0.25, -0.2) is 0 Å². The van der Waals surface area contributed by atoms with Gasteiger partial charge < -0.3 is 20.1 Å². The molecular formula is C21H27N3O3S. The number of carboxylic acids is 1. The number of fused-ring (bicyclic) bond motifs is 1. The van der Waals surface area contributed by atoms with E-state index in [0.29, 0.717) is 12.6 Å². The highest BCUT2D eigenvalue weighted by molar-refractivity contribution is 8.14. The van der Waals surface area contributed by atoms with Gasteiger partial charge in [0.25, 0.3) is 0 Å². The fourth-order valence-corrected chi connectivity index (χ4v) is 4.94. The van der Waals surface area contributed by atoms with E-state index in [-0.39, 0.29) is 12.5 Å². The monoisotopic (exact) mass is 401 g/mol. The third-order valence-electron chi connectivity index (χ3n) is 5.24. The molecule has 150 valence electrons. The summed E-state index contributed by atoms with van der Waals surface area (Å²) in [7, 11) is 0. The number of aromatic amines is 1. The maximum atomic E-state index is 11.0. The summed E-state index contributed by atoms with van der Waals surface area (Å²) in [5, 5.41) is 14.7. The summed E-state index contributed by atoms with van der Waals surface area (Å²) in [4.78, 5) is 19.1. The number of aliphatic carboxylic acids is 1. The van der Waals surface area contributed by atoms with Gasteiger partial charge in [0.1, 0.15) is 10.8 Å². The number of benzene rings is 1. The van der Waals surface area contributed by atoms with Crippen LogP contribution in [0.5, 0.6) is 5.75 Å². The molecule has 0 radical (unpaired) electrons. The second-order valence-corrected chi connectivity index (χ2v) is 8.60. The lowest BCUT2D eigenvalue weighted by molar-refractivity contribution is -0.137. The lowest BCUT2D eigenvalue weighted by Crippen LogP contribution is -2.14. The smallest absolute Gasteiger partial charge is 0.305 e. The highest BCUT2D eigenvalue weighted by atomic mass is 32.2. The maximum absolute atomic E-state index is 11.0. The summed E-state index contributed by atoms with van der Waals surface area (Å²) in [6, 6.07) is 6.62. The molecule has 2 aromatic rings. The molecule has 7 heteroatoms. The number of hydrogen-bond donors (Lipinski definition) is 3. The van der Waals surface area contributed by atoms with E-state index in [1.807, 2.05) is 0 Å². The van der Waals surface area contributed by atoms with E-state index in [0.717, 1.165) is 45.3 Å². The van der Waals surface area contributed by atoms with Crippen LogP contribution >= 0.6 is 11.8 Å². The van der Waals surface area contributed by atoms with E-state index < -0.39 is 5.97 Å². The molecular weight excluding hydrogens is 374 g/mol. The van der Waals surface area contributed by atoms with Gasteiger partial charge in [-0.05, 0) is 31.4 Å². The van der Waals surface area contributed by atoms with Gasteiger partial charge in [-0.15, -0.1) is 11.8 Å². The number of carbonyl (C=O) groups is 1. The Hall–Kier alpha value is -2.15. The number of thioether (sulfide) groups is 1. The number of nitrogens with zero attached hydrogens (tertiary/aromatic N) is 1. The quantitative estimate of drug-likeness (QED) is 0.599. The number of carboxylic acid groups (broad SMARTS) is 1. The summed E-state index contributed by atoms with van der Waals surface area (Å²) in [6.45, 7) is 2.80. The summed E-state index contributed by atoms with van der Waals surface area (Å²) in [5.41, 5.74) is 3.10. The molecule has 1 atom stereocenters. The molecule has 2 heterocycles. The second-order valence-electron chi connectivity index (χ2n) is 7.59. The number of aliphatic imine (C=N–C) groups is 1. The molecule has 0 bridgehead atoms. The minimum Gasteiger partial charge on any atom is -0.494 e. The zero-order chi connectivity index (χ0) is 19.5. The average Bonchev–Trinajstić information content (AvgIpc) is 3.39. The van der Waals surface area contributed by atoms with E-state index in [9.17, 15) is 4.79 Å². The molecule has 6 nitrogen and oxygen atoms in total. The van der Waals surface area contributed by atoms with Gasteiger partial charge in [0.15, 0.2) is 0 Å². The molecule has 2 aliphatic rings. The van der Waals surface area contributed by atoms with E-state index in [4.69, 9.17) is 9.84 Å². The number of aromatic nitrogens is 1. The van der Waals surface area contributed by atoms with Crippen molar-refractivity contribution in [3.8, 4) is 5.75 Å². The van der Waals surface area contributed by atoms with Crippen LogP contribution < -0.4 is 10.1 Å². The van der Waals surface area contributed by atoms with Gasteiger partial charge in [-0.2, -0.15) is 0 Å². The molecule has 1 aromatic heterocycles. The standard InChI is InChI=1S/C21H27N3O3S/c1-2-7-27-16-8-13-9-18(21-23-15(12-28-21)10-19(25)26)24-20(13)17(11-16)22-14-5-3-4-6-14/h8-9,11,14-15,22,24H,2-7,10,12H2,1H3,(H,25,26)/t15-/m1/s1. The van der Waals surface area contributed by atoms with Gasteiger partial charge in [0, 0.05) is 23.2 Å². The lowest BCUT2D eigenvalue weighted by Gasteiger charge is -2.16. The molecule has 1 aliphatic heterocycles. The van der Waals surface area contributed by atoms with E-state index in [1.54, 1.807) is 11.8 Å². The first kappa shape index (κ1) is 19.2. The first-order valence-electron chi connectivity index (χ1n) is 10.1. The summed E-state index contributed by atoms with van der Waals surface area (Å²) in [6.07, 6.45) is 6.02. The Balaban J connectivity index is 1.65. The number of nitrogens with one attached hydrogen (secondary N) is 2. The second kappa shape index (κ2) is 8.47. The Kier molecular flexibility index (Phi) is 5.80. The predicted molar refractivity (Wildman–Crippen MR) is 115 cm³/mol. The van der Waals surface area contributed by atoms with Gasteiger partial charge in [-0.3, -0.25) is 9.79 Å². The first-order valence-corrected chi connectivity index (χ1v) is 11.1. The molecule has 28 heavy (non-hydrogen) atoms. The number of hydrogen-bond acceptors (Lipinski definition) is 5. The van der Waals surface area contributed by atoms with Crippen molar-refractivity contribution in [2.24, 2.45) is 4.99 Å². The van der Waals surface area contributed by atoms with Crippen molar-refractivity contribution < 1.29 is 14.6 Å². The highest BCUT2D eigenvalue weighted by Crippen LogP contribution is 2.34. The SMILES string of the molecule is CCCOc1cc(NC2CCCC2)c2[nH]c(C3=N[C@H](CC(=O)O)CS3)cc2c1. The Morgan fingerprint density at radius 1 is 1.36 bits per heavy atom. The van der Waals surface area contributed by atoms with Crippen molar-refractivity contribution in [2.45, 2.75) is 57.5 Å². The van der Waals surface area contributed by atoms with E-state index in [2.05, 4.69) is 40.4 Å². The minimum absolute atomic E-state index is 0.0836. The van der Waals surface area contributed by atoms with Crippen molar-refractivity contribution >= 4 is 39.4 Å². The number of ether oxygens (including phenoxy) is 1. The van der Waals surface area contributed by atoms with Crippen LogP contribution in [-0.2, 0) is 4.79 Å². The summed E-state index contributed by atoms with van der Waals surface area (Å²) < 4.78 is 5.91. The van der Waals surface area contributed by atoms with Crippen LogP contribution in [0.1, 0.15) is 51.1 Å². The largest absolute Gasteiger partial charge is 0.494 e. The molecule has 0 saturated heterocycles. The van der Waals surface area contributed by atoms with Crippen LogP contribution in [0.2, 0.25) is 0 Å². The van der Waals surface area contributed by atoms with Crippen LogP contribution in [0.3, 0.4) is 0 Å². The minimum atomic E-state index is -0.798. The summed E-state index contributed by atoms with van der Waals surface area (Å²) in [5.74, 6) is 0.799. The normalized spacial score (nSPS) is 19.9. The van der Waals surface area contributed by atoms with Crippen LogP contribution in [-0.4, -0.2) is 45.5 Å². The lowest BCUT2D eigenvalue weighted by atomic mass is 10.1. The predicted octanol–water partition coefficient (Wildman–Crippen LogP) is 4.65. The first-order chi connectivity index (χ1) is 13.6. The molecule has 4 rings (SSSR count). The van der Waals surface area contributed by atoms with Gasteiger partial charge in [0.2, 0.25) is 0 Å². The molecule has 0 unspecified atom stereocenters. The Morgan fingerprint density at radius 2 is 2.18 bits per heavy atom. The zero-order valence-electron chi connectivity index (χ0n) is 16.2. The molecule has 1 aromatic carbocycles. The Labute approximate surface area is 169 Å². The van der Waals surface area contributed by atoms with Crippen LogP contribution in [0.15, 0.2) is 23.2 Å². The Bertz CT molecular complexity index is 886. The number of H-pyrrole nitrogens is 1. The van der Waals surface area contributed by atoms with E-state index in [1.165, 1.54) is 25.7 Å². The van der Waals surface area contributed by atoms with Crippen molar-refractivity contribution in [2.75, 3.05) is 17.7 Å². The van der Waals surface area contributed by atoms with Gasteiger partial charge in [-0.1, -0.05) is 19.8 Å². The fraction of sp³-hybridized carbons (Fsp3) is 0.524. The van der Waals surface area contributed by atoms with E-state index >= 15 is 0 Å². The third kappa shape index (κ3) is 4.29. The van der Waals surface area contributed by atoms with Gasteiger partial charge >= 0.3 is 5.97 Å². The molecule has 1 saturated carbocycles. The number of anilines is 1. The van der Waals surface area contributed by atoms with Crippen molar-refractivity contribution in [1.29, 1.82) is 0 Å². The van der Waals surface area contributed by atoms with Crippen LogP contribution in [0, 0.1) is 0 Å². The van der Waals surface area contributed by atoms with Crippen molar-refractivity contribution in [3.05, 3.63) is 23.9 Å². The van der Waals surface area contributed by atoms with Crippen LogP contribution in [0.4, 0.5) is 5.69 Å². The molecule has 0 spiro atoms. The Morgan fingerprint density at radius 3 is 2.93 bits per heavy atom. The van der Waals surface area contributed by atoms with Crippen molar-refractivity contribution in [1.82, 2.24) is 4.98 Å². The molecule has 1 aliphatic carbocycles. The maximum Gasteiger partial charge on any atom is 0.305 e. The average molecular weight is 402 g/mol. The zero-order valence-corrected chi connectivity index (χ0v) is 17.0. The topological polar surface area (TPSA) is 86.7 Å². The van der Waals surface area contributed by atoms with Crippen LogP contribution in [0.25, 0.3) is 10.9 Å². The highest BCUT2D eigenvalue weighted by Gasteiger charge is 2.24. The summed E-state index contributed by atoms with van der Waals surface area (Å²) >= 11 is 1.62. The molecule has 3 N–H and O–H groups in total. The van der Waals surface area contributed by atoms with Gasteiger partial charge in [0.05, 0.1) is 36.0 Å². The molecule has 1 fully saturated rings. The van der Waals surface area contributed by atoms with Crippen molar-refractivity contribution in [3.63, 3.8) is 0 Å². The molecule has 0 amide bonds. The number of rotatable bonds is 8.